The van der Waals surface area contributed by atoms with Crippen molar-refractivity contribution in [3.8, 4) is 17.6 Å². The van der Waals surface area contributed by atoms with Crippen LogP contribution in [0.3, 0.4) is 0 Å². The van der Waals surface area contributed by atoms with Crippen LogP contribution >= 0.6 is 11.6 Å². The van der Waals surface area contributed by atoms with Gasteiger partial charge in [-0.2, -0.15) is 5.26 Å². The number of halogens is 1. The molecule has 0 unspecified atom stereocenters. The topological polar surface area (TPSA) is 67.2 Å². The van der Waals surface area contributed by atoms with Gasteiger partial charge in [0.1, 0.15) is 23.3 Å². The summed E-state index contributed by atoms with van der Waals surface area (Å²) in [5.41, 5.74) is 1.92. The number of hydrogen-bond donors (Lipinski definition) is 1. The Bertz CT molecular complexity index is 683. The fraction of sp³-hybridized carbons (Fsp3) is 0.200. The van der Waals surface area contributed by atoms with Crippen molar-refractivity contribution in [1.82, 2.24) is 4.98 Å². The van der Waals surface area contributed by atoms with Gasteiger partial charge in [-0.15, -0.1) is 0 Å². The molecule has 0 radical (unpaired) electrons. The Morgan fingerprint density at radius 2 is 2.05 bits per heavy atom. The third-order valence-corrected chi connectivity index (χ3v) is 3.24. The Morgan fingerprint density at radius 1 is 1.29 bits per heavy atom. The van der Waals surface area contributed by atoms with Crippen molar-refractivity contribution in [1.29, 1.82) is 5.26 Å². The Morgan fingerprint density at radius 3 is 2.71 bits per heavy atom. The van der Waals surface area contributed by atoms with Crippen LogP contribution in [0.25, 0.3) is 0 Å². The summed E-state index contributed by atoms with van der Waals surface area (Å²) >= 11 is 6.06. The molecule has 0 bridgehead atoms. The Kier molecular flexibility index (Phi) is 4.85. The van der Waals surface area contributed by atoms with E-state index >= 15 is 0 Å². The molecule has 2 rings (SSSR count). The molecular weight excluding hydrogens is 290 g/mol. The van der Waals surface area contributed by atoms with E-state index in [2.05, 4.69) is 16.4 Å². The van der Waals surface area contributed by atoms with Gasteiger partial charge in [0.2, 0.25) is 0 Å². The zero-order chi connectivity index (χ0) is 15.2. The first kappa shape index (κ1) is 14.9. The Balaban J connectivity index is 2.25. The van der Waals surface area contributed by atoms with Gasteiger partial charge in [-0.25, -0.2) is 4.98 Å². The molecule has 0 saturated carbocycles. The molecule has 0 atom stereocenters. The second kappa shape index (κ2) is 6.82. The van der Waals surface area contributed by atoms with E-state index in [1.807, 2.05) is 6.07 Å². The largest absolute Gasteiger partial charge is 0.495 e. The minimum atomic E-state index is 0.393. The zero-order valence-electron chi connectivity index (χ0n) is 11.7. The first-order chi connectivity index (χ1) is 10.2. The van der Waals surface area contributed by atoms with E-state index in [0.717, 1.165) is 11.3 Å². The first-order valence-electron chi connectivity index (χ1n) is 6.19. The van der Waals surface area contributed by atoms with Crippen molar-refractivity contribution in [2.24, 2.45) is 0 Å². The lowest BCUT2D eigenvalue weighted by Gasteiger charge is -2.14. The summed E-state index contributed by atoms with van der Waals surface area (Å²) in [5.74, 6) is 1.15. The maximum Gasteiger partial charge on any atom is 0.145 e. The third kappa shape index (κ3) is 3.36. The molecule has 21 heavy (non-hydrogen) atoms. The molecule has 0 saturated heterocycles. The average Bonchev–Trinajstić information content (AvgIpc) is 2.53. The number of anilines is 1. The number of pyridine rings is 1. The van der Waals surface area contributed by atoms with Crippen LogP contribution in [0, 0.1) is 11.3 Å². The minimum absolute atomic E-state index is 0.393. The fourth-order valence-corrected chi connectivity index (χ4v) is 2.10. The highest BCUT2D eigenvalue weighted by Gasteiger charge is 2.10. The van der Waals surface area contributed by atoms with Gasteiger partial charge in [-0.05, 0) is 6.07 Å². The molecule has 6 heteroatoms. The van der Waals surface area contributed by atoms with Crippen LogP contribution in [0.4, 0.5) is 5.69 Å². The lowest BCUT2D eigenvalue weighted by Crippen LogP contribution is -2.04. The van der Waals surface area contributed by atoms with Crippen molar-refractivity contribution in [3.05, 3.63) is 46.7 Å². The van der Waals surface area contributed by atoms with E-state index in [-0.39, 0.29) is 0 Å². The highest BCUT2D eigenvalue weighted by atomic mass is 35.5. The van der Waals surface area contributed by atoms with Crippen LogP contribution in [0.2, 0.25) is 5.02 Å². The lowest BCUT2D eigenvalue weighted by molar-refractivity contribution is 0.404. The standard InChI is InChI=1S/C15H14ClN3O2/c1-20-14-7-12(15(21-2)6-11(14)16)19-9-10-4-3-5-18-13(10)8-17/h3-7,19H,9H2,1-2H3. The fourth-order valence-electron chi connectivity index (χ4n) is 1.87. The van der Waals surface area contributed by atoms with Crippen molar-refractivity contribution >= 4 is 17.3 Å². The average molecular weight is 304 g/mol. The quantitative estimate of drug-likeness (QED) is 0.918. The van der Waals surface area contributed by atoms with Gasteiger partial charge in [0.15, 0.2) is 0 Å². The van der Waals surface area contributed by atoms with Crippen LogP contribution in [0.15, 0.2) is 30.5 Å². The van der Waals surface area contributed by atoms with E-state index < -0.39 is 0 Å². The summed E-state index contributed by atoms with van der Waals surface area (Å²) in [6.45, 7) is 0.442. The van der Waals surface area contributed by atoms with Gasteiger partial charge >= 0.3 is 0 Å². The number of nitrogens with one attached hydrogen (secondary N) is 1. The van der Waals surface area contributed by atoms with Gasteiger partial charge in [0.25, 0.3) is 0 Å². The van der Waals surface area contributed by atoms with Gasteiger partial charge in [-0.3, -0.25) is 0 Å². The molecule has 1 aromatic heterocycles. The van der Waals surface area contributed by atoms with Crippen molar-refractivity contribution in [2.45, 2.75) is 6.54 Å². The normalized spacial score (nSPS) is 9.81. The summed E-state index contributed by atoms with van der Waals surface area (Å²) in [7, 11) is 3.11. The predicted octanol–water partition coefficient (Wildman–Crippen LogP) is 3.24. The molecular formula is C15H14ClN3O2. The molecule has 2 aromatic rings. The maximum absolute atomic E-state index is 9.03. The van der Waals surface area contributed by atoms with Crippen LogP contribution < -0.4 is 14.8 Å². The van der Waals surface area contributed by atoms with E-state index in [4.69, 9.17) is 26.3 Å². The van der Waals surface area contributed by atoms with Crippen LogP contribution in [-0.4, -0.2) is 19.2 Å². The summed E-state index contributed by atoms with van der Waals surface area (Å²) in [6, 6.07) is 9.13. The maximum atomic E-state index is 9.03. The second-order valence-electron chi connectivity index (χ2n) is 4.16. The number of nitrogens with zero attached hydrogens (tertiary/aromatic N) is 2. The number of rotatable bonds is 5. The van der Waals surface area contributed by atoms with Gasteiger partial charge in [0, 0.05) is 30.4 Å². The molecule has 0 aliphatic heterocycles. The predicted molar refractivity (Wildman–Crippen MR) is 80.8 cm³/mol. The van der Waals surface area contributed by atoms with Gasteiger partial charge in [-0.1, -0.05) is 17.7 Å². The van der Waals surface area contributed by atoms with Gasteiger partial charge < -0.3 is 14.8 Å². The zero-order valence-corrected chi connectivity index (χ0v) is 12.4. The molecule has 1 aromatic carbocycles. The number of aromatic nitrogens is 1. The highest BCUT2D eigenvalue weighted by Crippen LogP contribution is 2.36. The molecule has 0 spiro atoms. The van der Waals surface area contributed by atoms with Crippen LogP contribution in [-0.2, 0) is 6.54 Å². The summed E-state index contributed by atoms with van der Waals surface area (Å²) in [6.07, 6.45) is 1.59. The lowest BCUT2D eigenvalue weighted by atomic mass is 10.2. The Hall–Kier alpha value is -2.45. The summed E-state index contributed by atoms with van der Waals surface area (Å²) in [4.78, 5) is 4.02. The number of ether oxygens (including phenoxy) is 2. The van der Waals surface area contributed by atoms with Crippen LogP contribution in [0.1, 0.15) is 11.3 Å². The smallest absolute Gasteiger partial charge is 0.145 e. The first-order valence-corrected chi connectivity index (χ1v) is 6.56. The minimum Gasteiger partial charge on any atom is -0.495 e. The van der Waals surface area contributed by atoms with E-state index in [1.54, 1.807) is 38.6 Å². The number of nitriles is 1. The van der Waals surface area contributed by atoms with Crippen molar-refractivity contribution < 1.29 is 9.47 Å². The second-order valence-corrected chi connectivity index (χ2v) is 4.57. The van der Waals surface area contributed by atoms with Gasteiger partial charge in [0.05, 0.1) is 24.9 Å². The summed E-state index contributed by atoms with van der Waals surface area (Å²) < 4.78 is 10.5. The van der Waals surface area contributed by atoms with Crippen molar-refractivity contribution in [3.63, 3.8) is 0 Å². The SMILES string of the molecule is COc1cc(NCc2cccnc2C#N)c(OC)cc1Cl. The molecule has 0 fully saturated rings. The van der Waals surface area contributed by atoms with E-state index in [1.165, 1.54) is 0 Å². The summed E-state index contributed by atoms with van der Waals surface area (Å²) in [5, 5.41) is 12.7. The monoisotopic (exact) mass is 303 g/mol. The molecule has 108 valence electrons. The molecule has 1 N–H and O–H groups in total. The molecule has 1 heterocycles. The van der Waals surface area contributed by atoms with E-state index in [9.17, 15) is 0 Å². The highest BCUT2D eigenvalue weighted by molar-refractivity contribution is 6.32. The molecule has 0 amide bonds. The Labute approximate surface area is 128 Å². The number of benzene rings is 1. The molecule has 5 nitrogen and oxygen atoms in total. The molecule has 0 aliphatic carbocycles. The number of methoxy groups -OCH3 is 2. The number of hydrogen-bond acceptors (Lipinski definition) is 5. The van der Waals surface area contributed by atoms with E-state index in [0.29, 0.717) is 28.8 Å². The van der Waals surface area contributed by atoms with Crippen LogP contribution in [0.5, 0.6) is 11.5 Å². The molecule has 0 aliphatic rings. The van der Waals surface area contributed by atoms with Crippen molar-refractivity contribution in [2.75, 3.05) is 19.5 Å². The third-order valence-electron chi connectivity index (χ3n) is 2.94.